The van der Waals surface area contributed by atoms with E-state index in [0.29, 0.717) is 19.4 Å². The van der Waals surface area contributed by atoms with E-state index >= 15 is 0 Å². The summed E-state index contributed by atoms with van der Waals surface area (Å²) < 4.78 is 0. The number of carboxylic acid groups (broad SMARTS) is 1. The Hall–Kier alpha value is -1.87. The van der Waals surface area contributed by atoms with Crippen LogP contribution < -0.4 is 22.5 Å². The lowest BCUT2D eigenvalue weighted by atomic mass is 10.2. The topological polar surface area (TPSA) is 172 Å². The third-order valence-corrected chi connectivity index (χ3v) is 2.54. The molecule has 9 N–H and O–H groups in total. The van der Waals surface area contributed by atoms with Gasteiger partial charge in [-0.25, -0.2) is 4.79 Å². The molecule has 0 saturated heterocycles. The van der Waals surface area contributed by atoms with Crippen molar-refractivity contribution < 1.29 is 14.7 Å². The van der Waals surface area contributed by atoms with Gasteiger partial charge in [-0.15, -0.1) is 0 Å². The van der Waals surface area contributed by atoms with Gasteiger partial charge in [0.2, 0.25) is 6.29 Å². The largest absolute Gasteiger partial charge is 0.465 e. The van der Waals surface area contributed by atoms with Crippen molar-refractivity contribution >= 4 is 18.3 Å². The lowest BCUT2D eigenvalue weighted by Crippen LogP contribution is -2.42. The first kappa shape index (κ1) is 21.4. The van der Waals surface area contributed by atoms with Crippen molar-refractivity contribution in [3.8, 4) is 0 Å². The van der Waals surface area contributed by atoms with E-state index in [9.17, 15) is 9.59 Å². The van der Waals surface area contributed by atoms with Gasteiger partial charge in [-0.2, -0.15) is 0 Å². The molecule has 2 unspecified atom stereocenters. The third kappa shape index (κ3) is 14.4. The van der Waals surface area contributed by atoms with E-state index < -0.39 is 12.1 Å². The highest BCUT2D eigenvalue weighted by Crippen LogP contribution is 1.97. The van der Waals surface area contributed by atoms with Crippen molar-refractivity contribution in [1.82, 2.24) is 10.2 Å². The summed E-state index contributed by atoms with van der Waals surface area (Å²) in [5.74, 6) is -0.0614. The lowest BCUT2D eigenvalue weighted by molar-refractivity contribution is 0.137. The molecule has 2 atom stereocenters. The Kier molecular flexibility index (Phi) is 13.4. The number of hydrogen-bond acceptors (Lipinski definition) is 5. The van der Waals surface area contributed by atoms with Crippen LogP contribution in [0.3, 0.4) is 0 Å². The summed E-state index contributed by atoms with van der Waals surface area (Å²) in [6.07, 6.45) is 3.24. The maximum Gasteiger partial charge on any atom is 0.408 e. The van der Waals surface area contributed by atoms with Crippen LogP contribution in [0.4, 0.5) is 4.79 Å². The normalized spacial score (nSPS) is 12.4. The molecule has 0 aromatic rings. The van der Waals surface area contributed by atoms with Gasteiger partial charge in [0.25, 0.3) is 0 Å². The summed E-state index contributed by atoms with van der Waals surface area (Å²) in [6.45, 7) is 2.54. The summed E-state index contributed by atoms with van der Waals surface area (Å²) in [7, 11) is 1.47. The number of amides is 1. The summed E-state index contributed by atoms with van der Waals surface area (Å²) in [5.41, 5.74) is 15.7. The predicted octanol–water partition coefficient (Wildman–Crippen LogP) is -0.632. The van der Waals surface area contributed by atoms with Gasteiger partial charge in [0.05, 0.1) is 12.2 Å². The average Bonchev–Trinajstić information content (AvgIpc) is 2.43. The Balaban J connectivity index is 0. The van der Waals surface area contributed by atoms with Crippen LogP contribution in [0.25, 0.3) is 0 Å². The summed E-state index contributed by atoms with van der Waals surface area (Å²) in [5, 5.41) is 17.8. The summed E-state index contributed by atoms with van der Waals surface area (Å²) in [6, 6.07) is -0.510. The molecule has 0 aliphatic rings. The van der Waals surface area contributed by atoms with E-state index in [0.717, 1.165) is 17.7 Å². The number of carbonyl (C=O) groups is 1. The molecule has 0 aliphatic carbocycles. The minimum absolute atomic E-state index is 0.0614. The number of nitrogens with two attached hydrogens (primary N) is 3. The molecule has 9 nitrogen and oxygen atoms in total. The van der Waals surface area contributed by atoms with Gasteiger partial charge >= 0.3 is 6.09 Å². The molecule has 0 saturated carbocycles. The second-order valence-corrected chi connectivity index (χ2v) is 4.46. The van der Waals surface area contributed by atoms with Gasteiger partial charge in [0.15, 0.2) is 5.96 Å². The zero-order valence-electron chi connectivity index (χ0n) is 12.6. The Bertz CT molecular complexity index is 313. The molecule has 0 rings (SSSR count). The number of rotatable bonds is 8. The van der Waals surface area contributed by atoms with E-state index in [4.69, 9.17) is 27.7 Å². The predicted molar refractivity (Wildman–Crippen MR) is 81.5 cm³/mol. The SMILES string of the molecule is CCCC(N)N(C)C(=O)O.N=C(N)NCCCC(N)[C]=O. The highest BCUT2D eigenvalue weighted by atomic mass is 16.4. The van der Waals surface area contributed by atoms with Crippen molar-refractivity contribution in [1.29, 1.82) is 5.41 Å². The number of hydrogen-bond donors (Lipinski definition) is 6. The smallest absolute Gasteiger partial charge is 0.408 e. The highest BCUT2D eigenvalue weighted by molar-refractivity contribution is 5.74. The van der Waals surface area contributed by atoms with Gasteiger partial charge in [0, 0.05) is 13.6 Å². The van der Waals surface area contributed by atoms with Crippen LogP contribution >= 0.6 is 0 Å². The lowest BCUT2D eigenvalue weighted by Gasteiger charge is -2.20. The van der Waals surface area contributed by atoms with Crippen molar-refractivity contribution in [3.63, 3.8) is 0 Å². The van der Waals surface area contributed by atoms with Crippen LogP contribution in [0.15, 0.2) is 0 Å². The molecule has 0 aliphatic heterocycles. The maximum atomic E-state index is 10.3. The Morgan fingerprint density at radius 1 is 1.43 bits per heavy atom. The first-order valence-electron chi connectivity index (χ1n) is 6.68. The Morgan fingerprint density at radius 2 is 2.00 bits per heavy atom. The molecule has 0 bridgehead atoms. The molecule has 1 amide bonds. The second kappa shape index (κ2) is 13.1. The van der Waals surface area contributed by atoms with Crippen LogP contribution in [0.1, 0.15) is 32.6 Å². The molecular formula is C12H27N6O3. The molecule has 0 fully saturated rings. The fraction of sp³-hybridized carbons (Fsp3) is 0.750. The molecule has 21 heavy (non-hydrogen) atoms. The summed E-state index contributed by atoms with van der Waals surface area (Å²) >= 11 is 0. The van der Waals surface area contributed by atoms with Crippen LogP contribution in [0.2, 0.25) is 0 Å². The van der Waals surface area contributed by atoms with Gasteiger partial charge in [-0.1, -0.05) is 13.3 Å². The van der Waals surface area contributed by atoms with Crippen molar-refractivity contribution in [2.24, 2.45) is 17.2 Å². The van der Waals surface area contributed by atoms with Crippen LogP contribution in [0, 0.1) is 5.41 Å². The van der Waals surface area contributed by atoms with Gasteiger partial charge in [-0.05, 0) is 19.3 Å². The first-order valence-corrected chi connectivity index (χ1v) is 6.68. The average molecular weight is 303 g/mol. The number of nitrogens with zero attached hydrogens (tertiary/aromatic N) is 1. The maximum absolute atomic E-state index is 10.3. The second-order valence-electron chi connectivity index (χ2n) is 4.46. The fourth-order valence-electron chi connectivity index (χ4n) is 1.24. The van der Waals surface area contributed by atoms with Gasteiger partial charge < -0.3 is 27.6 Å². The molecule has 0 aromatic carbocycles. The Morgan fingerprint density at radius 3 is 2.38 bits per heavy atom. The van der Waals surface area contributed by atoms with E-state index in [1.165, 1.54) is 7.05 Å². The molecular weight excluding hydrogens is 276 g/mol. The molecule has 1 radical (unpaired) electrons. The van der Waals surface area contributed by atoms with Crippen LogP contribution in [-0.4, -0.2) is 54.1 Å². The van der Waals surface area contributed by atoms with Crippen LogP contribution in [-0.2, 0) is 4.79 Å². The first-order chi connectivity index (χ1) is 9.76. The zero-order chi connectivity index (χ0) is 16.8. The quantitative estimate of drug-likeness (QED) is 0.150. The van der Waals surface area contributed by atoms with Crippen molar-refractivity contribution in [2.75, 3.05) is 13.6 Å². The van der Waals surface area contributed by atoms with Crippen molar-refractivity contribution in [2.45, 2.75) is 44.8 Å². The number of nitrogens with one attached hydrogen (secondary N) is 2. The van der Waals surface area contributed by atoms with E-state index in [2.05, 4.69) is 5.32 Å². The zero-order valence-corrected chi connectivity index (χ0v) is 12.6. The monoisotopic (exact) mass is 303 g/mol. The Labute approximate surface area is 125 Å². The number of carbonyl (C=O) groups excluding carboxylic acids is 1. The van der Waals surface area contributed by atoms with Gasteiger partial charge in [-0.3, -0.25) is 15.1 Å². The minimum atomic E-state index is -0.971. The third-order valence-electron chi connectivity index (χ3n) is 2.54. The number of guanidine groups is 1. The van der Waals surface area contributed by atoms with Crippen LogP contribution in [0.5, 0.6) is 0 Å². The minimum Gasteiger partial charge on any atom is -0.465 e. The van der Waals surface area contributed by atoms with E-state index in [-0.39, 0.29) is 12.1 Å². The summed E-state index contributed by atoms with van der Waals surface area (Å²) in [4.78, 5) is 21.3. The standard InChI is InChI=1S/C6H13N4O.C6H14N2O2/c7-5(4-11)2-1-3-10-6(8)9;1-3-4-5(7)8(2)6(9)10/h5H,1-3,7H2,(H4,8,9,10);5H,3-4,7H2,1-2H3,(H,9,10). The fourth-order valence-corrected chi connectivity index (χ4v) is 1.24. The molecule has 123 valence electrons. The van der Waals surface area contributed by atoms with Crippen molar-refractivity contribution in [3.05, 3.63) is 0 Å². The molecule has 0 aromatic heterocycles. The molecule has 0 heterocycles. The molecule has 0 spiro atoms. The highest BCUT2D eigenvalue weighted by Gasteiger charge is 2.12. The van der Waals surface area contributed by atoms with E-state index in [1.54, 1.807) is 6.29 Å². The molecule has 9 heteroatoms. The van der Waals surface area contributed by atoms with E-state index in [1.807, 2.05) is 6.92 Å². The van der Waals surface area contributed by atoms with Gasteiger partial charge in [0.1, 0.15) is 0 Å².